The van der Waals surface area contributed by atoms with E-state index in [1.807, 2.05) is 21.1 Å². The second-order valence-corrected chi connectivity index (χ2v) is 20.6. The van der Waals surface area contributed by atoms with Gasteiger partial charge in [0, 0.05) is 12.8 Å². The average Bonchev–Trinajstić information content (AvgIpc) is 3.34. The van der Waals surface area contributed by atoms with Crippen molar-refractivity contribution in [2.24, 2.45) is 0 Å². The van der Waals surface area contributed by atoms with Gasteiger partial charge in [0.15, 0.2) is 6.10 Å². The van der Waals surface area contributed by atoms with Gasteiger partial charge in [-0.05, 0) is 83.5 Å². The first-order valence-electron chi connectivity index (χ1n) is 29.1. The van der Waals surface area contributed by atoms with Gasteiger partial charge in [-0.1, -0.05) is 222 Å². The molecule has 0 rings (SSSR count). The molecule has 9 heteroatoms. The van der Waals surface area contributed by atoms with Crippen molar-refractivity contribution in [3.05, 3.63) is 72.9 Å². The summed E-state index contributed by atoms with van der Waals surface area (Å²) < 4.78 is 22.9. The maximum absolute atomic E-state index is 12.9. The fraction of sp³-hybridized carbons (Fsp3) is 0.758. The van der Waals surface area contributed by atoms with Crippen LogP contribution in [0.2, 0.25) is 0 Å². The van der Waals surface area contributed by atoms with Crippen molar-refractivity contribution in [3.63, 3.8) is 0 Å². The van der Waals surface area contributed by atoms with Gasteiger partial charge in [0.05, 0.1) is 34.4 Å². The number of nitrogens with zero attached hydrogens (tertiary/aromatic N) is 1. The lowest BCUT2D eigenvalue weighted by Gasteiger charge is -2.25. The van der Waals surface area contributed by atoms with Crippen LogP contribution in [0.5, 0.6) is 0 Å². The van der Waals surface area contributed by atoms with Gasteiger partial charge in [-0.2, -0.15) is 0 Å². The van der Waals surface area contributed by atoms with Crippen LogP contribution in [0.25, 0.3) is 0 Å². The Hall–Kier alpha value is -3.27. The summed E-state index contributed by atoms with van der Waals surface area (Å²) in [5, 5.41) is 9.70. The Labute approximate surface area is 437 Å². The monoisotopic (exact) mass is 997 g/mol. The van der Waals surface area contributed by atoms with Gasteiger partial charge in [-0.15, -0.1) is 0 Å². The van der Waals surface area contributed by atoms with Crippen molar-refractivity contribution < 1.29 is 42.9 Å². The standard InChI is InChI=1S/C62H109NO8/c1-6-8-10-12-14-16-18-20-22-24-26-27-28-29-30-31-32-33-35-36-38-40-42-44-46-48-50-52-59(64)69-56-58(57-70-62(61(66)67)68-55-54-63(3,4)5)71-60(65)53-51-49-47-45-43-41-39-37-34-25-23-21-19-17-15-13-11-9-7-2/h9,11,15,17-18,20-21,23-24,26,34,37,58,62H,6-8,10,12-14,16,19,22,25,27-33,35-36,38-57H2,1-5H3/p+1/b11-9-,17-15-,20-18-,23-21-,26-24-,37-34-. The molecule has 0 aromatic carbocycles. The number of likely N-dealkylation sites (N-methyl/N-ethyl adjacent to an activating group) is 1. The van der Waals surface area contributed by atoms with Gasteiger partial charge in [-0.3, -0.25) is 9.59 Å². The van der Waals surface area contributed by atoms with Crippen molar-refractivity contribution in [3.8, 4) is 0 Å². The van der Waals surface area contributed by atoms with E-state index in [2.05, 4.69) is 86.8 Å². The predicted octanol–water partition coefficient (Wildman–Crippen LogP) is 17.0. The summed E-state index contributed by atoms with van der Waals surface area (Å²) in [4.78, 5) is 37.4. The minimum absolute atomic E-state index is 0.182. The van der Waals surface area contributed by atoms with E-state index in [4.69, 9.17) is 18.9 Å². The van der Waals surface area contributed by atoms with Gasteiger partial charge >= 0.3 is 17.9 Å². The van der Waals surface area contributed by atoms with Gasteiger partial charge in [0.25, 0.3) is 6.29 Å². The Morgan fingerprint density at radius 2 is 0.803 bits per heavy atom. The number of carbonyl (C=O) groups excluding carboxylic acids is 2. The van der Waals surface area contributed by atoms with Gasteiger partial charge in [-0.25, -0.2) is 4.79 Å². The summed E-state index contributed by atoms with van der Waals surface area (Å²) in [6.07, 6.45) is 65.5. The van der Waals surface area contributed by atoms with Crippen molar-refractivity contribution in [2.75, 3.05) is 47.5 Å². The number of aliphatic carboxylic acids is 1. The lowest BCUT2D eigenvalue weighted by atomic mass is 10.0. The molecule has 2 atom stereocenters. The highest BCUT2D eigenvalue weighted by Gasteiger charge is 2.25. The zero-order valence-corrected chi connectivity index (χ0v) is 46.6. The van der Waals surface area contributed by atoms with E-state index in [0.717, 1.165) is 89.9 Å². The molecule has 0 aliphatic carbocycles. The maximum atomic E-state index is 12.9. The lowest BCUT2D eigenvalue weighted by Crippen LogP contribution is -2.40. The van der Waals surface area contributed by atoms with E-state index >= 15 is 0 Å². The highest BCUT2D eigenvalue weighted by Crippen LogP contribution is 2.16. The second-order valence-electron chi connectivity index (χ2n) is 20.6. The number of esters is 2. The van der Waals surface area contributed by atoms with E-state index in [9.17, 15) is 19.5 Å². The van der Waals surface area contributed by atoms with Crippen molar-refractivity contribution >= 4 is 17.9 Å². The third-order valence-corrected chi connectivity index (χ3v) is 12.4. The van der Waals surface area contributed by atoms with Crippen molar-refractivity contribution in [1.29, 1.82) is 0 Å². The zero-order valence-electron chi connectivity index (χ0n) is 46.6. The largest absolute Gasteiger partial charge is 0.477 e. The van der Waals surface area contributed by atoms with Crippen LogP contribution in [-0.2, 0) is 33.3 Å². The molecule has 1 N–H and O–H groups in total. The van der Waals surface area contributed by atoms with Crippen LogP contribution in [0.1, 0.15) is 245 Å². The van der Waals surface area contributed by atoms with Crippen molar-refractivity contribution in [2.45, 2.75) is 257 Å². The number of hydrogen-bond donors (Lipinski definition) is 1. The molecule has 9 nitrogen and oxygen atoms in total. The predicted molar refractivity (Wildman–Crippen MR) is 299 cm³/mol. The van der Waals surface area contributed by atoms with E-state index in [1.165, 1.54) is 122 Å². The van der Waals surface area contributed by atoms with E-state index < -0.39 is 24.3 Å². The Morgan fingerprint density at radius 1 is 0.437 bits per heavy atom. The zero-order chi connectivity index (χ0) is 52.0. The van der Waals surface area contributed by atoms with Crippen LogP contribution in [0, 0.1) is 0 Å². The van der Waals surface area contributed by atoms with Crippen LogP contribution < -0.4 is 0 Å². The third kappa shape index (κ3) is 54.3. The Balaban J connectivity index is 4.22. The number of rotatable bonds is 53. The molecular weight excluding hydrogens is 887 g/mol. The molecule has 2 unspecified atom stereocenters. The Morgan fingerprint density at radius 3 is 1.20 bits per heavy atom. The molecule has 0 aromatic rings. The van der Waals surface area contributed by atoms with E-state index in [-0.39, 0.29) is 32.2 Å². The number of carbonyl (C=O) groups is 3. The first kappa shape index (κ1) is 67.7. The van der Waals surface area contributed by atoms with Crippen LogP contribution in [0.4, 0.5) is 0 Å². The highest BCUT2D eigenvalue weighted by molar-refractivity contribution is 5.71. The molecule has 71 heavy (non-hydrogen) atoms. The molecule has 0 saturated carbocycles. The summed E-state index contributed by atoms with van der Waals surface area (Å²) in [6.45, 7) is 4.75. The molecule has 0 fully saturated rings. The number of allylic oxidation sites excluding steroid dienone is 12. The molecule has 0 aliphatic rings. The molecule has 0 heterocycles. The smallest absolute Gasteiger partial charge is 0.361 e. The molecule has 0 aliphatic heterocycles. The lowest BCUT2D eigenvalue weighted by molar-refractivity contribution is -0.870. The van der Waals surface area contributed by atoms with Crippen LogP contribution in [0.3, 0.4) is 0 Å². The Bertz CT molecular complexity index is 1390. The number of carboxylic acids is 1. The van der Waals surface area contributed by atoms with Gasteiger partial charge in [0.2, 0.25) is 0 Å². The fourth-order valence-electron chi connectivity index (χ4n) is 7.98. The first-order valence-corrected chi connectivity index (χ1v) is 29.1. The van der Waals surface area contributed by atoms with Gasteiger partial charge in [0.1, 0.15) is 13.2 Å². The number of quaternary nitrogens is 1. The number of carboxylic acid groups (broad SMARTS) is 1. The first-order chi connectivity index (χ1) is 34.6. The molecule has 410 valence electrons. The summed E-state index contributed by atoms with van der Waals surface area (Å²) in [5.74, 6) is -2.02. The molecule has 0 aromatic heterocycles. The third-order valence-electron chi connectivity index (χ3n) is 12.4. The van der Waals surface area contributed by atoms with Gasteiger partial charge < -0.3 is 28.5 Å². The molecule has 0 spiro atoms. The summed E-state index contributed by atoms with van der Waals surface area (Å²) in [7, 11) is 5.96. The van der Waals surface area contributed by atoms with Crippen LogP contribution in [-0.4, -0.2) is 87.4 Å². The molecule has 0 radical (unpaired) electrons. The molecule has 0 amide bonds. The number of ether oxygens (including phenoxy) is 4. The van der Waals surface area contributed by atoms with E-state index in [1.54, 1.807) is 0 Å². The van der Waals surface area contributed by atoms with Crippen LogP contribution in [0.15, 0.2) is 72.9 Å². The fourth-order valence-corrected chi connectivity index (χ4v) is 7.98. The average molecular weight is 998 g/mol. The molecule has 0 saturated heterocycles. The minimum atomic E-state index is -1.52. The second kappa shape index (κ2) is 53.0. The number of hydrogen-bond acceptors (Lipinski definition) is 7. The summed E-state index contributed by atoms with van der Waals surface area (Å²) in [6, 6.07) is 0. The molecular formula is C62H110NO8+. The normalized spacial score (nSPS) is 13.3. The topological polar surface area (TPSA) is 108 Å². The minimum Gasteiger partial charge on any atom is -0.477 e. The summed E-state index contributed by atoms with van der Waals surface area (Å²) >= 11 is 0. The number of unbranched alkanes of at least 4 members (excludes halogenated alkanes) is 26. The van der Waals surface area contributed by atoms with Crippen molar-refractivity contribution in [1.82, 2.24) is 0 Å². The van der Waals surface area contributed by atoms with Crippen LogP contribution >= 0.6 is 0 Å². The quantitative estimate of drug-likeness (QED) is 0.0211. The molecule has 0 bridgehead atoms. The Kier molecular flexibility index (Phi) is 50.6. The summed E-state index contributed by atoms with van der Waals surface area (Å²) in [5.41, 5.74) is 0. The SMILES string of the molecule is CC/C=C\C/C=C\C/C=C\C/C=C\CCCCCCCCC(=O)OC(COC(=O)CCCCCCCCCCCCCCCCC/C=C\C/C=C\CCCCCCC)COC(OCC[N+](C)(C)C)C(=O)O. The highest BCUT2D eigenvalue weighted by atomic mass is 16.7. The maximum Gasteiger partial charge on any atom is 0.361 e. The van der Waals surface area contributed by atoms with E-state index in [0.29, 0.717) is 23.9 Å².